The highest BCUT2D eigenvalue weighted by Crippen LogP contribution is 2.07. The predicted molar refractivity (Wildman–Crippen MR) is 69.8 cm³/mol. The third-order valence-electron chi connectivity index (χ3n) is 3.17. The summed E-state index contributed by atoms with van der Waals surface area (Å²) in [5.74, 6) is -0.449. The molecule has 0 saturated carbocycles. The number of nitrogens with one attached hydrogen (secondary N) is 3. The molecule has 1 saturated heterocycles. The highest BCUT2D eigenvalue weighted by molar-refractivity contribution is 5.99. The molecule has 19 heavy (non-hydrogen) atoms. The van der Waals surface area contributed by atoms with Gasteiger partial charge in [-0.1, -0.05) is 0 Å². The number of hydrazone groups is 1. The van der Waals surface area contributed by atoms with Crippen LogP contribution in [0.2, 0.25) is 0 Å². The molecule has 0 aliphatic carbocycles. The third kappa shape index (κ3) is 3.02. The molecule has 104 valence electrons. The summed E-state index contributed by atoms with van der Waals surface area (Å²) in [5, 5.41) is 15.8. The van der Waals surface area contributed by atoms with Crippen LogP contribution in [-0.4, -0.2) is 59.0 Å². The van der Waals surface area contributed by atoms with Crippen LogP contribution in [0.4, 0.5) is 0 Å². The van der Waals surface area contributed by atoms with Crippen molar-refractivity contribution in [3.63, 3.8) is 0 Å². The number of nitrogens with zero attached hydrogens (tertiary/aromatic N) is 2. The molecule has 0 aromatic carbocycles. The third-order valence-corrected chi connectivity index (χ3v) is 3.17. The second kappa shape index (κ2) is 5.27. The lowest BCUT2D eigenvalue weighted by Crippen LogP contribution is -3.11. The number of aromatic hydroxyl groups is 1. The molecule has 8 heteroatoms. The Morgan fingerprint density at radius 1 is 1.32 bits per heavy atom. The molecule has 1 aliphatic rings. The minimum Gasteiger partial charge on any atom is -0.494 e. The molecule has 1 aromatic rings. The second-order valence-electron chi connectivity index (χ2n) is 4.73. The van der Waals surface area contributed by atoms with Gasteiger partial charge < -0.3 is 10.0 Å². The van der Waals surface area contributed by atoms with Crippen LogP contribution in [-0.2, 0) is 0 Å². The number of quaternary nitrogens is 1. The van der Waals surface area contributed by atoms with Crippen molar-refractivity contribution < 1.29 is 10.0 Å². The SMILES string of the molecule is C/C(=N\N1CC[NH+](C)CC1)c1c(O)[nH]c(=O)[nH]c1=O. The first-order chi connectivity index (χ1) is 8.97. The Hall–Kier alpha value is -2.09. The molecule has 1 fully saturated rings. The van der Waals surface area contributed by atoms with Crippen molar-refractivity contribution in [1.29, 1.82) is 0 Å². The Morgan fingerprint density at radius 2 is 1.95 bits per heavy atom. The Balaban J connectivity index is 2.27. The first-order valence-corrected chi connectivity index (χ1v) is 6.15. The van der Waals surface area contributed by atoms with E-state index in [4.69, 9.17) is 0 Å². The number of hydrogen-bond donors (Lipinski definition) is 4. The standard InChI is InChI=1S/C11H17N5O3/c1-7(14-16-5-3-15(2)4-6-16)8-9(17)12-11(19)13-10(8)18/h3-6H2,1-2H3,(H3,12,13,17,18,19)/p+1/b14-7+. The minimum absolute atomic E-state index is 0.00544. The van der Waals surface area contributed by atoms with Crippen molar-refractivity contribution in [3.8, 4) is 5.88 Å². The maximum absolute atomic E-state index is 11.7. The van der Waals surface area contributed by atoms with Gasteiger partial charge in [0.2, 0.25) is 5.88 Å². The molecule has 2 rings (SSSR count). The van der Waals surface area contributed by atoms with Crippen LogP contribution >= 0.6 is 0 Å². The van der Waals surface area contributed by atoms with Gasteiger partial charge in [-0.15, -0.1) is 0 Å². The van der Waals surface area contributed by atoms with Gasteiger partial charge in [0.05, 0.1) is 38.9 Å². The molecule has 8 nitrogen and oxygen atoms in total. The summed E-state index contributed by atoms with van der Waals surface area (Å²) < 4.78 is 0. The van der Waals surface area contributed by atoms with Gasteiger partial charge in [0, 0.05) is 0 Å². The zero-order chi connectivity index (χ0) is 14.0. The van der Waals surface area contributed by atoms with Gasteiger partial charge in [-0.2, -0.15) is 5.10 Å². The first-order valence-electron chi connectivity index (χ1n) is 6.15. The largest absolute Gasteiger partial charge is 0.494 e. The Bertz CT molecular complexity index is 595. The second-order valence-corrected chi connectivity index (χ2v) is 4.73. The molecule has 0 spiro atoms. The van der Waals surface area contributed by atoms with Gasteiger partial charge in [-0.3, -0.25) is 19.8 Å². The average molecular weight is 268 g/mol. The highest BCUT2D eigenvalue weighted by Gasteiger charge is 2.17. The maximum Gasteiger partial charge on any atom is 0.328 e. The smallest absolute Gasteiger partial charge is 0.328 e. The van der Waals surface area contributed by atoms with E-state index in [1.165, 1.54) is 4.90 Å². The van der Waals surface area contributed by atoms with Crippen LogP contribution in [0.15, 0.2) is 14.7 Å². The van der Waals surface area contributed by atoms with E-state index in [2.05, 4.69) is 22.1 Å². The number of aromatic nitrogens is 2. The van der Waals surface area contributed by atoms with Crippen molar-refractivity contribution in [3.05, 3.63) is 26.4 Å². The Kier molecular flexibility index (Phi) is 3.70. The Labute approximate surface area is 109 Å². The summed E-state index contributed by atoms with van der Waals surface area (Å²) in [4.78, 5) is 28.3. The fraction of sp³-hybridized carbons (Fsp3) is 0.545. The van der Waals surface area contributed by atoms with Gasteiger partial charge in [-0.25, -0.2) is 4.79 Å². The van der Waals surface area contributed by atoms with Crippen LogP contribution in [0, 0.1) is 0 Å². The van der Waals surface area contributed by atoms with E-state index in [0.717, 1.165) is 26.2 Å². The first kappa shape index (κ1) is 13.3. The molecule has 0 amide bonds. The van der Waals surface area contributed by atoms with Crippen molar-refractivity contribution in [2.24, 2.45) is 5.10 Å². The zero-order valence-electron chi connectivity index (χ0n) is 11.0. The van der Waals surface area contributed by atoms with E-state index in [-0.39, 0.29) is 5.56 Å². The number of aromatic amines is 2. The van der Waals surface area contributed by atoms with Crippen LogP contribution in [0.3, 0.4) is 0 Å². The van der Waals surface area contributed by atoms with Gasteiger partial charge in [0.25, 0.3) is 5.56 Å². The van der Waals surface area contributed by atoms with E-state index in [9.17, 15) is 14.7 Å². The minimum atomic E-state index is -0.734. The summed E-state index contributed by atoms with van der Waals surface area (Å²) in [6.45, 7) is 5.18. The number of likely N-dealkylation sites (N-methyl/N-ethyl adjacent to an activating group) is 1. The molecule has 0 radical (unpaired) electrons. The van der Waals surface area contributed by atoms with Crippen LogP contribution in [0.1, 0.15) is 12.5 Å². The van der Waals surface area contributed by atoms with Crippen molar-refractivity contribution in [2.75, 3.05) is 33.2 Å². The normalized spacial score (nSPS) is 17.8. The van der Waals surface area contributed by atoms with Crippen molar-refractivity contribution >= 4 is 5.71 Å². The summed E-state index contributed by atoms with van der Waals surface area (Å²) in [5.41, 5.74) is -0.982. The molecule has 2 heterocycles. The summed E-state index contributed by atoms with van der Waals surface area (Å²) in [7, 11) is 2.12. The monoisotopic (exact) mass is 268 g/mol. The molecule has 1 aliphatic heterocycles. The van der Waals surface area contributed by atoms with Crippen LogP contribution < -0.4 is 16.1 Å². The maximum atomic E-state index is 11.7. The molecule has 4 N–H and O–H groups in total. The molecule has 0 atom stereocenters. The summed E-state index contributed by atoms with van der Waals surface area (Å²) in [6, 6.07) is 0. The summed E-state index contributed by atoms with van der Waals surface area (Å²) in [6.07, 6.45) is 0. The predicted octanol–water partition coefficient (Wildman–Crippen LogP) is -2.68. The fourth-order valence-corrected chi connectivity index (χ4v) is 2.05. The average Bonchev–Trinajstić information content (AvgIpc) is 2.30. The van der Waals surface area contributed by atoms with E-state index in [0.29, 0.717) is 5.71 Å². The molecule has 1 aromatic heterocycles. The van der Waals surface area contributed by atoms with Crippen molar-refractivity contribution in [2.45, 2.75) is 6.92 Å². The number of rotatable bonds is 2. The molecular formula is C11H18N5O3+. The number of H-pyrrole nitrogens is 2. The molecular weight excluding hydrogens is 250 g/mol. The fourth-order valence-electron chi connectivity index (χ4n) is 2.05. The van der Waals surface area contributed by atoms with E-state index in [1.807, 2.05) is 5.01 Å². The quantitative estimate of drug-likeness (QED) is 0.439. The zero-order valence-corrected chi connectivity index (χ0v) is 11.0. The lowest BCUT2D eigenvalue weighted by atomic mass is 10.2. The number of piperazine rings is 1. The van der Waals surface area contributed by atoms with Crippen LogP contribution in [0.25, 0.3) is 0 Å². The Morgan fingerprint density at radius 3 is 2.53 bits per heavy atom. The van der Waals surface area contributed by atoms with E-state index < -0.39 is 17.1 Å². The highest BCUT2D eigenvalue weighted by atomic mass is 16.3. The van der Waals surface area contributed by atoms with Crippen molar-refractivity contribution in [1.82, 2.24) is 15.0 Å². The number of hydrogen-bond acceptors (Lipinski definition) is 5. The molecule has 0 unspecified atom stereocenters. The van der Waals surface area contributed by atoms with Gasteiger partial charge >= 0.3 is 5.69 Å². The van der Waals surface area contributed by atoms with Crippen LogP contribution in [0.5, 0.6) is 5.88 Å². The molecule has 0 bridgehead atoms. The lowest BCUT2D eigenvalue weighted by molar-refractivity contribution is -0.884. The van der Waals surface area contributed by atoms with Gasteiger partial charge in [0.15, 0.2) is 0 Å². The lowest BCUT2D eigenvalue weighted by Gasteiger charge is -2.28. The van der Waals surface area contributed by atoms with E-state index >= 15 is 0 Å². The topological polar surface area (TPSA) is 106 Å². The van der Waals surface area contributed by atoms with Gasteiger partial charge in [-0.05, 0) is 6.92 Å². The van der Waals surface area contributed by atoms with E-state index in [1.54, 1.807) is 6.92 Å². The summed E-state index contributed by atoms with van der Waals surface area (Å²) >= 11 is 0. The van der Waals surface area contributed by atoms with Gasteiger partial charge in [0.1, 0.15) is 5.56 Å².